The highest BCUT2D eigenvalue weighted by Gasteiger charge is 2.13. The van der Waals surface area contributed by atoms with Crippen LogP contribution in [-0.2, 0) is 0 Å². The minimum absolute atomic E-state index is 0.0751. The summed E-state index contributed by atoms with van der Waals surface area (Å²) in [5, 5.41) is 11.3. The van der Waals surface area contributed by atoms with E-state index in [1.54, 1.807) is 0 Å². The Balaban J connectivity index is 1.90. The highest BCUT2D eigenvalue weighted by molar-refractivity contribution is 7.19. The van der Waals surface area contributed by atoms with Crippen LogP contribution < -0.4 is 9.47 Å². The molecule has 28 heavy (non-hydrogen) atoms. The second-order valence-electron chi connectivity index (χ2n) is 5.25. The van der Waals surface area contributed by atoms with E-state index in [0.717, 1.165) is 17.4 Å². The lowest BCUT2D eigenvalue weighted by molar-refractivity contribution is -0.384. The fraction of sp³-hybridized carbons (Fsp3) is 0.118. The number of hydrogen-bond acceptors (Lipinski definition) is 6. The van der Waals surface area contributed by atoms with Crippen LogP contribution >= 0.6 is 11.3 Å². The number of nitrogens with zero attached hydrogens (tertiary/aromatic N) is 2. The van der Waals surface area contributed by atoms with Crippen molar-refractivity contribution < 1.29 is 32.0 Å². The van der Waals surface area contributed by atoms with Gasteiger partial charge < -0.3 is 9.47 Å². The van der Waals surface area contributed by atoms with Crippen molar-refractivity contribution >= 4 is 39.4 Å². The van der Waals surface area contributed by atoms with Crippen molar-refractivity contribution in [2.75, 3.05) is 0 Å². The Morgan fingerprint density at radius 1 is 1.04 bits per heavy atom. The van der Waals surface area contributed by atoms with E-state index in [4.69, 9.17) is 0 Å². The van der Waals surface area contributed by atoms with Gasteiger partial charge in [0, 0.05) is 23.8 Å². The molecule has 0 unspecified atom stereocenters. The SMILES string of the molecule is O=[N+]([O-])c1ccc2nc(/C=C/c3ccc(OC(F)F)cc3OC(F)F)sc2c1. The summed E-state index contributed by atoms with van der Waals surface area (Å²) >= 11 is 1.16. The number of nitro benzene ring substituents is 1. The van der Waals surface area contributed by atoms with Gasteiger partial charge in [0.15, 0.2) is 0 Å². The number of nitro groups is 1. The number of fused-ring (bicyclic) bond motifs is 1. The maximum Gasteiger partial charge on any atom is 0.387 e. The van der Waals surface area contributed by atoms with Crippen molar-refractivity contribution in [1.82, 2.24) is 4.98 Å². The number of non-ortho nitro benzene ring substituents is 1. The Morgan fingerprint density at radius 2 is 1.79 bits per heavy atom. The molecular weight excluding hydrogens is 404 g/mol. The molecule has 0 aliphatic carbocycles. The van der Waals surface area contributed by atoms with Crippen molar-refractivity contribution in [3.8, 4) is 11.5 Å². The van der Waals surface area contributed by atoms with Gasteiger partial charge in [0.2, 0.25) is 0 Å². The van der Waals surface area contributed by atoms with Crippen LogP contribution in [0.25, 0.3) is 22.4 Å². The Hall–Kier alpha value is -3.21. The number of halogens is 4. The molecule has 6 nitrogen and oxygen atoms in total. The van der Waals surface area contributed by atoms with Gasteiger partial charge >= 0.3 is 13.2 Å². The molecule has 0 N–H and O–H groups in total. The fourth-order valence-corrected chi connectivity index (χ4v) is 3.21. The molecule has 1 heterocycles. The van der Waals surface area contributed by atoms with Gasteiger partial charge in [0.25, 0.3) is 5.69 Å². The average Bonchev–Trinajstić information content (AvgIpc) is 3.02. The number of rotatable bonds is 7. The minimum Gasteiger partial charge on any atom is -0.435 e. The predicted molar refractivity (Wildman–Crippen MR) is 94.9 cm³/mol. The molecule has 0 fully saturated rings. The maximum absolute atomic E-state index is 12.6. The highest BCUT2D eigenvalue weighted by atomic mass is 32.1. The number of hydrogen-bond donors (Lipinski definition) is 0. The summed E-state index contributed by atoms with van der Waals surface area (Å²) in [7, 11) is 0. The number of ether oxygens (including phenoxy) is 2. The molecule has 2 aromatic carbocycles. The molecule has 11 heteroatoms. The molecular formula is C17H10F4N2O4S. The Morgan fingerprint density at radius 3 is 2.46 bits per heavy atom. The van der Waals surface area contributed by atoms with Crippen LogP contribution in [0.5, 0.6) is 11.5 Å². The Bertz CT molecular complexity index is 1040. The molecule has 0 aliphatic rings. The molecule has 1 aromatic heterocycles. The van der Waals surface area contributed by atoms with Crippen LogP contribution in [0, 0.1) is 10.1 Å². The quantitative estimate of drug-likeness (QED) is 0.287. The first kappa shape index (κ1) is 19.5. The van der Waals surface area contributed by atoms with Gasteiger partial charge in [-0.3, -0.25) is 10.1 Å². The van der Waals surface area contributed by atoms with Gasteiger partial charge in [0.05, 0.1) is 15.1 Å². The number of thiazole rings is 1. The second-order valence-corrected chi connectivity index (χ2v) is 6.31. The summed E-state index contributed by atoms with van der Waals surface area (Å²) in [6, 6.07) is 7.61. The molecule has 0 radical (unpaired) electrons. The van der Waals surface area contributed by atoms with Gasteiger partial charge in [-0.1, -0.05) is 0 Å². The fourth-order valence-electron chi connectivity index (χ4n) is 2.30. The molecule has 0 saturated heterocycles. The summed E-state index contributed by atoms with van der Waals surface area (Å²) in [6.45, 7) is -6.26. The predicted octanol–water partition coefficient (Wildman–Crippen LogP) is 5.58. The smallest absolute Gasteiger partial charge is 0.387 e. The van der Waals surface area contributed by atoms with Gasteiger partial charge in [-0.25, -0.2) is 4.98 Å². The molecule has 3 rings (SSSR count). The molecule has 0 amide bonds. The van der Waals surface area contributed by atoms with Crippen molar-refractivity contribution in [3.63, 3.8) is 0 Å². The first-order valence-electron chi connectivity index (χ1n) is 7.58. The molecule has 0 spiro atoms. The zero-order chi connectivity index (χ0) is 20.3. The number of aromatic nitrogens is 1. The summed E-state index contributed by atoms with van der Waals surface area (Å²) in [4.78, 5) is 14.6. The van der Waals surface area contributed by atoms with E-state index >= 15 is 0 Å². The largest absolute Gasteiger partial charge is 0.435 e. The molecule has 0 saturated carbocycles. The van der Waals surface area contributed by atoms with Gasteiger partial charge in [0.1, 0.15) is 16.5 Å². The average molecular weight is 414 g/mol. The van der Waals surface area contributed by atoms with Crippen LogP contribution in [0.1, 0.15) is 10.6 Å². The lowest BCUT2D eigenvalue weighted by Gasteiger charge is -2.11. The summed E-state index contributed by atoms with van der Waals surface area (Å²) in [6.07, 6.45) is 2.91. The van der Waals surface area contributed by atoms with Crippen molar-refractivity contribution in [2.45, 2.75) is 13.2 Å². The number of benzene rings is 2. The first-order valence-corrected chi connectivity index (χ1v) is 8.40. The van der Waals surface area contributed by atoms with E-state index < -0.39 is 18.1 Å². The third kappa shape index (κ3) is 4.74. The van der Waals surface area contributed by atoms with Crippen LogP contribution in [0.2, 0.25) is 0 Å². The zero-order valence-corrected chi connectivity index (χ0v) is 14.5. The molecule has 0 aliphatic heterocycles. The first-order chi connectivity index (χ1) is 13.3. The van der Waals surface area contributed by atoms with Gasteiger partial charge in [-0.15, -0.1) is 11.3 Å². The zero-order valence-electron chi connectivity index (χ0n) is 13.7. The summed E-state index contributed by atoms with van der Waals surface area (Å²) in [5.74, 6) is -0.670. The van der Waals surface area contributed by atoms with Gasteiger partial charge in [-0.05, 0) is 30.4 Å². The highest BCUT2D eigenvalue weighted by Crippen LogP contribution is 2.31. The Labute approximate surface area is 158 Å². The second kappa shape index (κ2) is 8.21. The van der Waals surface area contributed by atoms with E-state index in [2.05, 4.69) is 14.5 Å². The topological polar surface area (TPSA) is 74.5 Å². The van der Waals surface area contributed by atoms with E-state index in [-0.39, 0.29) is 22.7 Å². The van der Waals surface area contributed by atoms with E-state index in [1.807, 2.05) is 0 Å². The van der Waals surface area contributed by atoms with E-state index in [1.165, 1.54) is 42.5 Å². The van der Waals surface area contributed by atoms with Gasteiger partial charge in [-0.2, -0.15) is 17.6 Å². The summed E-state index contributed by atoms with van der Waals surface area (Å²) < 4.78 is 58.9. The standard InChI is InChI=1S/C17H10F4N2O4S/c18-16(19)26-11-4-1-9(13(8-11)27-17(20)21)2-6-15-22-12-5-3-10(23(24)25)7-14(12)28-15/h1-8,16-17H/b6-2+. The molecule has 3 aromatic rings. The number of alkyl halides is 4. The van der Waals surface area contributed by atoms with E-state index in [0.29, 0.717) is 15.2 Å². The minimum atomic E-state index is -3.16. The monoisotopic (exact) mass is 414 g/mol. The molecule has 146 valence electrons. The normalized spacial score (nSPS) is 11.6. The Kier molecular flexibility index (Phi) is 5.73. The molecule has 0 bridgehead atoms. The van der Waals surface area contributed by atoms with Crippen LogP contribution in [0.4, 0.5) is 23.2 Å². The summed E-state index contributed by atoms with van der Waals surface area (Å²) in [5.41, 5.74) is 0.654. The lowest BCUT2D eigenvalue weighted by atomic mass is 10.2. The maximum atomic E-state index is 12.6. The van der Waals surface area contributed by atoms with Crippen molar-refractivity contribution in [1.29, 1.82) is 0 Å². The molecule has 0 atom stereocenters. The van der Waals surface area contributed by atoms with Crippen LogP contribution in [-0.4, -0.2) is 23.1 Å². The van der Waals surface area contributed by atoms with Crippen LogP contribution in [0.15, 0.2) is 36.4 Å². The third-order valence-corrected chi connectivity index (χ3v) is 4.41. The third-order valence-electron chi connectivity index (χ3n) is 3.43. The van der Waals surface area contributed by atoms with Crippen molar-refractivity contribution in [3.05, 3.63) is 57.1 Å². The van der Waals surface area contributed by atoms with E-state index in [9.17, 15) is 27.7 Å². The van der Waals surface area contributed by atoms with Crippen molar-refractivity contribution in [2.24, 2.45) is 0 Å². The van der Waals surface area contributed by atoms with Crippen LogP contribution in [0.3, 0.4) is 0 Å². The lowest BCUT2D eigenvalue weighted by Crippen LogP contribution is -2.05.